The molecule has 8 heteroatoms. The number of imidazole rings is 1. The predicted octanol–water partition coefficient (Wildman–Crippen LogP) is 0.883. The van der Waals surface area contributed by atoms with Gasteiger partial charge in [-0.1, -0.05) is 0 Å². The fraction of sp³-hybridized carbons (Fsp3) is 0.762. The average Bonchev–Trinajstić information content (AvgIpc) is 3.26. The molecule has 1 spiro atoms. The molecule has 0 aromatic carbocycles. The summed E-state index contributed by atoms with van der Waals surface area (Å²) in [5.41, 5.74) is 0.186. The number of hydrogen-bond donors (Lipinski definition) is 1. The first-order valence-electron chi connectivity index (χ1n) is 11.0. The maximum absolute atomic E-state index is 12.7. The molecule has 0 saturated carbocycles. The number of likely N-dealkylation sites (tertiary alicyclic amines) is 2. The molecule has 1 atom stereocenters. The minimum atomic E-state index is 0.144. The third-order valence-electron chi connectivity index (χ3n) is 6.75. The van der Waals surface area contributed by atoms with Crippen molar-refractivity contribution in [1.82, 2.24) is 24.7 Å². The first kappa shape index (κ1) is 20.3. The third-order valence-corrected chi connectivity index (χ3v) is 6.75. The Labute approximate surface area is 172 Å². The fourth-order valence-electron chi connectivity index (χ4n) is 4.90. The zero-order chi connectivity index (χ0) is 20.1. The highest BCUT2D eigenvalue weighted by Crippen LogP contribution is 2.40. The van der Waals surface area contributed by atoms with E-state index in [9.17, 15) is 9.59 Å². The van der Waals surface area contributed by atoms with Gasteiger partial charge in [-0.05, 0) is 31.1 Å². The van der Waals surface area contributed by atoms with Crippen LogP contribution in [-0.4, -0.2) is 83.1 Å². The second-order valence-electron chi connectivity index (χ2n) is 8.78. The second kappa shape index (κ2) is 9.26. The summed E-state index contributed by atoms with van der Waals surface area (Å²) in [6.07, 6.45) is 10.6. The number of morpholine rings is 1. The maximum atomic E-state index is 12.7. The lowest BCUT2D eigenvalue weighted by Crippen LogP contribution is -2.53. The molecule has 3 saturated heterocycles. The maximum Gasteiger partial charge on any atom is 0.224 e. The van der Waals surface area contributed by atoms with Gasteiger partial charge in [0, 0.05) is 70.5 Å². The number of piperidine rings is 2. The van der Waals surface area contributed by atoms with Crippen molar-refractivity contribution < 1.29 is 14.3 Å². The number of aromatic nitrogens is 2. The van der Waals surface area contributed by atoms with E-state index in [0.717, 1.165) is 71.6 Å². The third kappa shape index (κ3) is 5.17. The van der Waals surface area contributed by atoms with E-state index < -0.39 is 0 Å². The molecular weight excluding hydrogens is 370 g/mol. The summed E-state index contributed by atoms with van der Waals surface area (Å²) >= 11 is 0. The molecule has 3 aliphatic rings. The quantitative estimate of drug-likeness (QED) is 0.763. The number of carbonyl (C=O) groups is 2. The second-order valence-corrected chi connectivity index (χ2v) is 8.78. The van der Waals surface area contributed by atoms with Crippen molar-refractivity contribution >= 4 is 11.8 Å². The average molecular weight is 404 g/mol. The Bertz CT molecular complexity index is 678. The Hall–Kier alpha value is -1.93. The number of amides is 2. The summed E-state index contributed by atoms with van der Waals surface area (Å²) < 4.78 is 7.52. The molecule has 4 rings (SSSR count). The Morgan fingerprint density at radius 1 is 1.28 bits per heavy atom. The van der Waals surface area contributed by atoms with E-state index in [1.54, 1.807) is 6.20 Å². The number of nitrogens with zero attached hydrogens (tertiary/aromatic N) is 4. The van der Waals surface area contributed by atoms with Crippen molar-refractivity contribution in [2.75, 3.05) is 45.9 Å². The zero-order valence-electron chi connectivity index (χ0n) is 17.2. The standard InChI is InChI=1S/C21H33N5O3/c27-19-2-3-21(16-26(19)9-1-8-24-12-6-22-17-24)4-10-25(11-5-21)20(28)14-18-15-29-13-7-23-18/h6,12,17-18,23H,1-5,7-11,13-16H2. The van der Waals surface area contributed by atoms with E-state index in [1.165, 1.54) is 0 Å². The Morgan fingerprint density at radius 2 is 2.14 bits per heavy atom. The molecule has 160 valence electrons. The topological polar surface area (TPSA) is 79.7 Å². The van der Waals surface area contributed by atoms with Crippen LogP contribution in [0.25, 0.3) is 0 Å². The lowest BCUT2D eigenvalue weighted by atomic mass is 9.72. The molecule has 3 fully saturated rings. The van der Waals surface area contributed by atoms with Crippen molar-refractivity contribution in [2.24, 2.45) is 5.41 Å². The molecular formula is C21H33N5O3. The van der Waals surface area contributed by atoms with Crippen molar-refractivity contribution in [3.63, 3.8) is 0 Å². The molecule has 2 amide bonds. The van der Waals surface area contributed by atoms with Gasteiger partial charge in [-0.2, -0.15) is 0 Å². The van der Waals surface area contributed by atoms with Gasteiger partial charge in [0.05, 0.1) is 19.5 Å². The lowest BCUT2D eigenvalue weighted by Gasteiger charge is -2.47. The van der Waals surface area contributed by atoms with Crippen LogP contribution in [0, 0.1) is 5.41 Å². The number of aryl methyl sites for hydroxylation is 1. The summed E-state index contributed by atoms with van der Waals surface area (Å²) in [4.78, 5) is 33.2. The van der Waals surface area contributed by atoms with Crippen LogP contribution in [0.1, 0.15) is 38.5 Å². The van der Waals surface area contributed by atoms with Crippen LogP contribution in [0.15, 0.2) is 18.7 Å². The minimum absolute atomic E-state index is 0.144. The van der Waals surface area contributed by atoms with Gasteiger partial charge >= 0.3 is 0 Å². The van der Waals surface area contributed by atoms with Crippen LogP contribution in [0.3, 0.4) is 0 Å². The van der Waals surface area contributed by atoms with Gasteiger partial charge in [0.2, 0.25) is 11.8 Å². The molecule has 0 aliphatic carbocycles. The number of hydrogen-bond acceptors (Lipinski definition) is 5. The van der Waals surface area contributed by atoms with E-state index in [1.807, 2.05) is 17.4 Å². The minimum Gasteiger partial charge on any atom is -0.378 e. The number of ether oxygens (including phenoxy) is 1. The summed E-state index contributed by atoms with van der Waals surface area (Å²) in [5, 5.41) is 3.36. The summed E-state index contributed by atoms with van der Waals surface area (Å²) in [6, 6.07) is 0.144. The summed E-state index contributed by atoms with van der Waals surface area (Å²) in [6.45, 7) is 6.33. The molecule has 8 nitrogen and oxygen atoms in total. The molecule has 1 N–H and O–H groups in total. The Morgan fingerprint density at radius 3 is 2.86 bits per heavy atom. The monoisotopic (exact) mass is 403 g/mol. The van der Waals surface area contributed by atoms with Gasteiger partial charge < -0.3 is 24.4 Å². The van der Waals surface area contributed by atoms with Crippen LogP contribution in [0.4, 0.5) is 0 Å². The molecule has 0 bridgehead atoms. The van der Waals surface area contributed by atoms with Gasteiger partial charge in [0.1, 0.15) is 0 Å². The van der Waals surface area contributed by atoms with Gasteiger partial charge in [-0.15, -0.1) is 0 Å². The highest BCUT2D eigenvalue weighted by Gasteiger charge is 2.41. The van der Waals surface area contributed by atoms with Crippen molar-refractivity contribution in [3.05, 3.63) is 18.7 Å². The largest absolute Gasteiger partial charge is 0.378 e. The van der Waals surface area contributed by atoms with Gasteiger partial charge in [-0.25, -0.2) is 4.98 Å². The molecule has 1 unspecified atom stereocenters. The van der Waals surface area contributed by atoms with Gasteiger partial charge in [-0.3, -0.25) is 9.59 Å². The molecule has 3 aliphatic heterocycles. The van der Waals surface area contributed by atoms with Crippen molar-refractivity contribution in [2.45, 2.75) is 51.1 Å². The highest BCUT2D eigenvalue weighted by atomic mass is 16.5. The molecule has 4 heterocycles. The molecule has 29 heavy (non-hydrogen) atoms. The van der Waals surface area contributed by atoms with Crippen molar-refractivity contribution in [3.8, 4) is 0 Å². The predicted molar refractivity (Wildman–Crippen MR) is 108 cm³/mol. The van der Waals surface area contributed by atoms with Crippen LogP contribution < -0.4 is 5.32 Å². The highest BCUT2D eigenvalue weighted by molar-refractivity contribution is 5.78. The summed E-state index contributed by atoms with van der Waals surface area (Å²) in [5.74, 6) is 0.509. The van der Waals surface area contributed by atoms with E-state index in [0.29, 0.717) is 19.4 Å². The van der Waals surface area contributed by atoms with Crippen LogP contribution in [0.2, 0.25) is 0 Å². The number of rotatable bonds is 6. The summed E-state index contributed by atoms with van der Waals surface area (Å²) in [7, 11) is 0. The van der Waals surface area contributed by atoms with Crippen LogP contribution in [-0.2, 0) is 20.9 Å². The van der Waals surface area contributed by atoms with Crippen molar-refractivity contribution in [1.29, 1.82) is 0 Å². The molecule has 1 aromatic rings. The molecule has 0 radical (unpaired) electrons. The van der Waals surface area contributed by atoms with E-state index >= 15 is 0 Å². The lowest BCUT2D eigenvalue weighted by molar-refractivity contribution is -0.143. The van der Waals surface area contributed by atoms with E-state index in [2.05, 4.69) is 19.8 Å². The van der Waals surface area contributed by atoms with Gasteiger partial charge in [0.25, 0.3) is 0 Å². The van der Waals surface area contributed by atoms with Gasteiger partial charge in [0.15, 0.2) is 0 Å². The number of nitrogens with one attached hydrogen (secondary N) is 1. The Kier molecular flexibility index (Phi) is 6.50. The Balaban J connectivity index is 1.24. The van der Waals surface area contributed by atoms with Crippen LogP contribution in [0.5, 0.6) is 0 Å². The SMILES string of the molecule is O=C(CC1COCCN1)N1CCC2(CCC(=O)N(CCCn3ccnc3)C2)CC1. The van der Waals surface area contributed by atoms with E-state index in [4.69, 9.17) is 4.74 Å². The zero-order valence-corrected chi connectivity index (χ0v) is 17.2. The fourth-order valence-corrected chi connectivity index (χ4v) is 4.90. The van der Waals surface area contributed by atoms with E-state index in [-0.39, 0.29) is 23.3 Å². The number of carbonyl (C=O) groups excluding carboxylic acids is 2. The first-order chi connectivity index (χ1) is 14.1. The van der Waals surface area contributed by atoms with Crippen LogP contribution >= 0.6 is 0 Å². The first-order valence-corrected chi connectivity index (χ1v) is 11.0. The molecule has 1 aromatic heterocycles. The normalized spacial score (nSPS) is 24.8. The smallest absolute Gasteiger partial charge is 0.224 e.